The van der Waals surface area contributed by atoms with E-state index in [-0.39, 0.29) is 12.5 Å². The van der Waals surface area contributed by atoms with Crippen molar-refractivity contribution in [2.75, 3.05) is 0 Å². The van der Waals surface area contributed by atoms with Crippen LogP contribution in [0.2, 0.25) is 0 Å². The highest BCUT2D eigenvalue weighted by Crippen LogP contribution is 2.21. The molecule has 0 aliphatic rings. The maximum atomic E-state index is 11.0. The number of aromatic nitrogens is 4. The lowest BCUT2D eigenvalue weighted by Gasteiger charge is -2.20. The van der Waals surface area contributed by atoms with Gasteiger partial charge in [0.15, 0.2) is 5.82 Å². The molecule has 0 fully saturated rings. The van der Waals surface area contributed by atoms with Gasteiger partial charge >= 0.3 is 5.97 Å². The molecule has 0 aromatic carbocycles. The van der Waals surface area contributed by atoms with Crippen LogP contribution in [-0.4, -0.2) is 31.3 Å². The van der Waals surface area contributed by atoms with Gasteiger partial charge < -0.3 is 5.11 Å². The standard InChI is InChI=1S/C10H18N4O2/c1-5-7(2)8-11-12-13-14(8)6-10(3,4)9(15)16/h7H,5-6H2,1-4H3,(H,15,16). The van der Waals surface area contributed by atoms with Crippen LogP contribution in [-0.2, 0) is 11.3 Å². The summed E-state index contributed by atoms with van der Waals surface area (Å²) in [7, 11) is 0. The van der Waals surface area contributed by atoms with Crippen molar-refractivity contribution in [3.63, 3.8) is 0 Å². The van der Waals surface area contributed by atoms with Gasteiger partial charge in [0.25, 0.3) is 0 Å². The molecular formula is C10H18N4O2. The Labute approximate surface area is 94.7 Å². The van der Waals surface area contributed by atoms with Crippen molar-refractivity contribution in [3.8, 4) is 0 Å². The molecule has 1 aromatic heterocycles. The first-order valence-corrected chi connectivity index (χ1v) is 5.38. The minimum absolute atomic E-state index is 0.236. The molecule has 0 bridgehead atoms. The van der Waals surface area contributed by atoms with Crippen LogP contribution >= 0.6 is 0 Å². The van der Waals surface area contributed by atoms with Crippen LogP contribution in [0.1, 0.15) is 45.9 Å². The van der Waals surface area contributed by atoms with Gasteiger partial charge in [-0.25, -0.2) is 4.68 Å². The van der Waals surface area contributed by atoms with Crippen LogP contribution in [0.3, 0.4) is 0 Å². The fourth-order valence-corrected chi connectivity index (χ4v) is 1.30. The average Bonchev–Trinajstić information content (AvgIpc) is 2.63. The van der Waals surface area contributed by atoms with E-state index in [1.54, 1.807) is 18.5 Å². The van der Waals surface area contributed by atoms with Crippen LogP contribution < -0.4 is 0 Å². The number of carboxylic acid groups (broad SMARTS) is 1. The van der Waals surface area contributed by atoms with Crippen molar-refractivity contribution in [2.45, 2.75) is 46.6 Å². The first-order chi connectivity index (χ1) is 7.38. The van der Waals surface area contributed by atoms with Crippen molar-refractivity contribution < 1.29 is 9.90 Å². The lowest BCUT2D eigenvalue weighted by atomic mass is 9.94. The Morgan fingerprint density at radius 3 is 2.69 bits per heavy atom. The lowest BCUT2D eigenvalue weighted by Crippen LogP contribution is -2.30. The maximum absolute atomic E-state index is 11.0. The Morgan fingerprint density at radius 1 is 1.56 bits per heavy atom. The third-order valence-corrected chi connectivity index (χ3v) is 2.74. The van der Waals surface area contributed by atoms with Crippen LogP contribution in [0.4, 0.5) is 0 Å². The molecule has 16 heavy (non-hydrogen) atoms. The number of tetrazole rings is 1. The maximum Gasteiger partial charge on any atom is 0.310 e. The monoisotopic (exact) mass is 226 g/mol. The van der Waals surface area contributed by atoms with Gasteiger partial charge in [-0.3, -0.25) is 4.79 Å². The van der Waals surface area contributed by atoms with Gasteiger partial charge in [-0.05, 0) is 30.7 Å². The minimum atomic E-state index is -0.864. The largest absolute Gasteiger partial charge is 0.481 e. The van der Waals surface area contributed by atoms with Gasteiger partial charge in [0.2, 0.25) is 0 Å². The van der Waals surface area contributed by atoms with Gasteiger partial charge in [-0.2, -0.15) is 0 Å². The highest BCUT2D eigenvalue weighted by molar-refractivity contribution is 5.73. The van der Waals surface area contributed by atoms with E-state index in [9.17, 15) is 4.79 Å². The molecule has 1 aromatic rings. The molecule has 0 spiro atoms. The number of nitrogens with zero attached hydrogens (tertiary/aromatic N) is 4. The highest BCUT2D eigenvalue weighted by atomic mass is 16.4. The number of carboxylic acids is 1. The Bertz CT molecular complexity index is 373. The summed E-state index contributed by atoms with van der Waals surface area (Å²) in [6, 6.07) is 0. The van der Waals surface area contributed by atoms with E-state index in [0.29, 0.717) is 0 Å². The van der Waals surface area contributed by atoms with Crippen LogP contribution in [0.25, 0.3) is 0 Å². The first-order valence-electron chi connectivity index (χ1n) is 5.38. The van der Waals surface area contributed by atoms with Crippen molar-refractivity contribution in [1.29, 1.82) is 0 Å². The van der Waals surface area contributed by atoms with E-state index >= 15 is 0 Å². The molecule has 90 valence electrons. The second-order valence-electron chi connectivity index (χ2n) is 4.69. The molecule has 1 heterocycles. The molecule has 6 heteroatoms. The van der Waals surface area contributed by atoms with Gasteiger partial charge in [0.1, 0.15) is 0 Å². The minimum Gasteiger partial charge on any atom is -0.481 e. The molecule has 1 unspecified atom stereocenters. The molecule has 1 atom stereocenters. The summed E-state index contributed by atoms with van der Waals surface area (Å²) in [6.45, 7) is 7.69. The molecule has 6 nitrogen and oxygen atoms in total. The third kappa shape index (κ3) is 2.56. The van der Waals surface area contributed by atoms with Gasteiger partial charge in [-0.15, -0.1) is 5.10 Å². The second-order valence-corrected chi connectivity index (χ2v) is 4.69. The summed E-state index contributed by atoms with van der Waals surface area (Å²) in [5.74, 6) is 0.134. The van der Waals surface area contributed by atoms with Crippen LogP contribution in [0.15, 0.2) is 0 Å². The summed E-state index contributed by atoms with van der Waals surface area (Å²) in [6.07, 6.45) is 0.924. The van der Waals surface area contributed by atoms with E-state index in [2.05, 4.69) is 15.5 Å². The van der Waals surface area contributed by atoms with E-state index in [1.165, 1.54) is 0 Å². The summed E-state index contributed by atoms with van der Waals surface area (Å²) < 4.78 is 1.59. The summed E-state index contributed by atoms with van der Waals surface area (Å²) in [4.78, 5) is 11.0. The van der Waals surface area contributed by atoms with E-state index < -0.39 is 11.4 Å². The van der Waals surface area contributed by atoms with E-state index in [4.69, 9.17) is 5.11 Å². The Morgan fingerprint density at radius 2 is 2.19 bits per heavy atom. The molecule has 0 aliphatic heterocycles. The number of hydrogen-bond acceptors (Lipinski definition) is 4. The topological polar surface area (TPSA) is 80.9 Å². The molecule has 1 rings (SSSR count). The van der Waals surface area contributed by atoms with Gasteiger partial charge in [-0.1, -0.05) is 13.8 Å². The van der Waals surface area contributed by atoms with Gasteiger partial charge in [0, 0.05) is 5.92 Å². The quantitative estimate of drug-likeness (QED) is 0.818. The SMILES string of the molecule is CCC(C)c1nnnn1CC(C)(C)C(=O)O. The average molecular weight is 226 g/mol. The number of hydrogen-bond donors (Lipinski definition) is 1. The molecule has 0 amide bonds. The summed E-state index contributed by atoms with van der Waals surface area (Å²) >= 11 is 0. The predicted octanol–water partition coefficient (Wildman–Crippen LogP) is 1.30. The second kappa shape index (κ2) is 4.59. The zero-order valence-corrected chi connectivity index (χ0v) is 10.1. The van der Waals surface area contributed by atoms with Crippen molar-refractivity contribution in [1.82, 2.24) is 20.2 Å². The van der Waals surface area contributed by atoms with Crippen molar-refractivity contribution in [3.05, 3.63) is 5.82 Å². The predicted molar refractivity (Wildman–Crippen MR) is 57.9 cm³/mol. The number of rotatable bonds is 5. The van der Waals surface area contributed by atoms with Crippen LogP contribution in [0, 0.1) is 5.41 Å². The van der Waals surface area contributed by atoms with Crippen molar-refractivity contribution >= 4 is 5.97 Å². The molecule has 0 saturated carbocycles. The number of carbonyl (C=O) groups is 1. The lowest BCUT2D eigenvalue weighted by molar-refractivity contribution is -0.147. The molecule has 0 saturated heterocycles. The fraction of sp³-hybridized carbons (Fsp3) is 0.800. The highest BCUT2D eigenvalue weighted by Gasteiger charge is 2.30. The normalized spacial score (nSPS) is 13.8. The zero-order valence-electron chi connectivity index (χ0n) is 10.1. The molecule has 0 radical (unpaired) electrons. The molecular weight excluding hydrogens is 208 g/mol. The van der Waals surface area contributed by atoms with E-state index in [0.717, 1.165) is 12.2 Å². The molecule has 1 N–H and O–H groups in total. The zero-order chi connectivity index (χ0) is 12.3. The summed E-state index contributed by atoms with van der Waals surface area (Å²) in [5, 5.41) is 20.4. The first kappa shape index (κ1) is 12.6. The number of aliphatic carboxylic acids is 1. The Kier molecular flexibility index (Phi) is 3.62. The summed E-state index contributed by atoms with van der Waals surface area (Å²) in [5.41, 5.74) is -0.864. The van der Waals surface area contributed by atoms with Gasteiger partial charge in [0.05, 0.1) is 12.0 Å². The Hall–Kier alpha value is -1.46. The van der Waals surface area contributed by atoms with E-state index in [1.807, 2.05) is 13.8 Å². The van der Waals surface area contributed by atoms with Crippen LogP contribution in [0.5, 0.6) is 0 Å². The third-order valence-electron chi connectivity index (χ3n) is 2.74. The Balaban J connectivity index is 2.90. The molecule has 0 aliphatic carbocycles. The smallest absolute Gasteiger partial charge is 0.310 e. The fourth-order valence-electron chi connectivity index (χ4n) is 1.30. The van der Waals surface area contributed by atoms with Crippen molar-refractivity contribution in [2.24, 2.45) is 5.41 Å².